The van der Waals surface area contributed by atoms with Crippen molar-refractivity contribution in [2.24, 2.45) is 11.3 Å². The molecule has 2 aliphatic carbocycles. The van der Waals surface area contributed by atoms with Crippen LogP contribution < -0.4 is 5.32 Å². The molecule has 2 aromatic rings. The molecule has 1 N–H and O–H groups in total. The molecular weight excluding hydrogens is 372 g/mol. The van der Waals surface area contributed by atoms with Crippen LogP contribution in [0.4, 0.5) is 5.82 Å². The summed E-state index contributed by atoms with van der Waals surface area (Å²) in [7, 11) is 0. The number of hydrogen-bond acceptors (Lipinski definition) is 4. The van der Waals surface area contributed by atoms with Crippen LogP contribution in [-0.4, -0.2) is 17.6 Å². The number of hydrogen-bond donors (Lipinski definition) is 1. The van der Waals surface area contributed by atoms with Gasteiger partial charge in [0.2, 0.25) is 0 Å². The number of anilines is 1. The fraction of sp³-hybridized carbons (Fsp3) is 0.462. The first-order chi connectivity index (χ1) is 14.4. The van der Waals surface area contributed by atoms with E-state index in [2.05, 4.69) is 37.4 Å². The second kappa shape index (κ2) is 7.26. The Balaban J connectivity index is 1.59. The van der Waals surface area contributed by atoms with E-state index in [0.717, 1.165) is 41.9 Å². The Morgan fingerprint density at radius 2 is 2.00 bits per heavy atom. The highest BCUT2D eigenvalue weighted by molar-refractivity contribution is 5.94. The number of rotatable bonds is 4. The maximum atomic E-state index is 13.2. The summed E-state index contributed by atoms with van der Waals surface area (Å²) in [6.07, 6.45) is 5.52. The molecule has 0 saturated heterocycles. The first-order valence-corrected chi connectivity index (χ1v) is 11.1. The fourth-order valence-corrected chi connectivity index (χ4v) is 4.80. The number of allylic oxidation sites excluding steroid dienone is 1. The molecule has 1 atom stereocenters. The molecule has 4 nitrogen and oxygen atoms in total. The van der Waals surface area contributed by atoms with Gasteiger partial charge in [-0.3, -0.25) is 0 Å². The Kier molecular flexibility index (Phi) is 4.68. The Morgan fingerprint density at radius 1 is 1.23 bits per heavy atom. The van der Waals surface area contributed by atoms with Gasteiger partial charge in [-0.15, -0.1) is 0 Å². The van der Waals surface area contributed by atoms with E-state index < -0.39 is 0 Å². The second-order valence-corrected chi connectivity index (χ2v) is 9.92. The minimum absolute atomic E-state index is 0.156. The summed E-state index contributed by atoms with van der Waals surface area (Å²) in [4.78, 5) is 18.2. The largest absolute Gasteiger partial charge is 0.462 e. The number of benzene rings is 1. The molecule has 0 spiro atoms. The third-order valence-corrected chi connectivity index (χ3v) is 6.74. The predicted molar refractivity (Wildman–Crippen MR) is 118 cm³/mol. The van der Waals surface area contributed by atoms with Gasteiger partial charge in [0.1, 0.15) is 5.82 Å². The summed E-state index contributed by atoms with van der Waals surface area (Å²) < 4.78 is 5.73. The SMILES string of the molecule is CC1=C(C(=O)OCC2CC2)C(c2ccccc2)c2cc3c(nc2N1)CCC(C)(C)C3. The molecule has 1 fully saturated rings. The molecule has 30 heavy (non-hydrogen) atoms. The van der Waals surface area contributed by atoms with Crippen LogP contribution in [0.25, 0.3) is 0 Å². The van der Waals surface area contributed by atoms with E-state index in [1.807, 2.05) is 25.1 Å². The first kappa shape index (κ1) is 19.3. The number of carbonyl (C=O) groups excluding carboxylic acids is 1. The van der Waals surface area contributed by atoms with Crippen molar-refractivity contribution in [3.05, 3.63) is 70.1 Å². The van der Waals surface area contributed by atoms with E-state index in [9.17, 15) is 4.79 Å². The zero-order valence-corrected chi connectivity index (χ0v) is 18.1. The van der Waals surface area contributed by atoms with Crippen LogP contribution in [0, 0.1) is 11.3 Å². The van der Waals surface area contributed by atoms with Crippen molar-refractivity contribution < 1.29 is 9.53 Å². The summed E-state index contributed by atoms with van der Waals surface area (Å²) in [6, 6.07) is 12.6. The van der Waals surface area contributed by atoms with E-state index in [4.69, 9.17) is 9.72 Å². The van der Waals surface area contributed by atoms with Gasteiger partial charge in [-0.1, -0.05) is 44.2 Å². The minimum atomic E-state index is -0.204. The lowest BCUT2D eigenvalue weighted by Crippen LogP contribution is -2.28. The lowest BCUT2D eigenvalue weighted by atomic mass is 9.74. The molecule has 1 saturated carbocycles. The molecule has 1 unspecified atom stereocenters. The van der Waals surface area contributed by atoms with Gasteiger partial charge >= 0.3 is 5.97 Å². The Morgan fingerprint density at radius 3 is 2.73 bits per heavy atom. The summed E-state index contributed by atoms with van der Waals surface area (Å²) in [6.45, 7) is 7.15. The fourth-order valence-electron chi connectivity index (χ4n) is 4.80. The number of carbonyl (C=O) groups is 1. The minimum Gasteiger partial charge on any atom is -0.462 e. The quantitative estimate of drug-likeness (QED) is 0.698. The average Bonchev–Trinajstić information content (AvgIpc) is 3.54. The van der Waals surface area contributed by atoms with E-state index in [-0.39, 0.29) is 17.3 Å². The van der Waals surface area contributed by atoms with Crippen LogP contribution in [0.15, 0.2) is 47.7 Å². The third kappa shape index (κ3) is 3.64. The lowest BCUT2D eigenvalue weighted by molar-refractivity contribution is -0.139. The number of aryl methyl sites for hydroxylation is 1. The van der Waals surface area contributed by atoms with Gasteiger partial charge < -0.3 is 10.1 Å². The zero-order chi connectivity index (χ0) is 20.9. The van der Waals surface area contributed by atoms with Crippen LogP contribution in [0.1, 0.15) is 68.3 Å². The molecule has 1 aromatic heterocycles. The highest BCUT2D eigenvalue weighted by atomic mass is 16.5. The highest BCUT2D eigenvalue weighted by Gasteiger charge is 2.36. The normalized spacial score (nSPS) is 22.0. The Hall–Kier alpha value is -2.62. The van der Waals surface area contributed by atoms with E-state index in [1.54, 1.807) is 0 Å². The van der Waals surface area contributed by atoms with Crippen molar-refractivity contribution in [3.63, 3.8) is 0 Å². The van der Waals surface area contributed by atoms with Gasteiger partial charge in [0, 0.05) is 22.9 Å². The van der Waals surface area contributed by atoms with Crippen molar-refractivity contribution in [2.45, 2.75) is 58.8 Å². The van der Waals surface area contributed by atoms with Crippen molar-refractivity contribution in [2.75, 3.05) is 11.9 Å². The van der Waals surface area contributed by atoms with Crippen LogP contribution >= 0.6 is 0 Å². The molecule has 0 amide bonds. The standard InChI is InChI=1S/C26H30N2O2/c1-16-22(25(29)30-15-17-9-10-17)23(18-7-5-4-6-8-18)20-13-19-14-26(2,3)12-11-21(19)28-24(20)27-16/h4-8,13,17,23H,9-12,14-15H2,1-3H3,(H,27,28). The van der Waals surface area contributed by atoms with Crippen molar-refractivity contribution in [1.82, 2.24) is 4.98 Å². The molecular formula is C26H30N2O2. The van der Waals surface area contributed by atoms with Gasteiger partial charge in [0.05, 0.1) is 12.2 Å². The number of aromatic nitrogens is 1. The summed E-state index contributed by atoms with van der Waals surface area (Å²) in [5.74, 6) is 1.07. The van der Waals surface area contributed by atoms with Gasteiger partial charge in [0.25, 0.3) is 0 Å². The zero-order valence-electron chi connectivity index (χ0n) is 18.1. The Labute approximate surface area is 178 Å². The van der Waals surface area contributed by atoms with Crippen molar-refractivity contribution in [1.29, 1.82) is 0 Å². The van der Waals surface area contributed by atoms with Gasteiger partial charge in [-0.25, -0.2) is 9.78 Å². The van der Waals surface area contributed by atoms with E-state index >= 15 is 0 Å². The molecule has 0 radical (unpaired) electrons. The number of ether oxygens (including phenoxy) is 1. The molecule has 0 bridgehead atoms. The molecule has 156 valence electrons. The molecule has 1 aliphatic heterocycles. The second-order valence-electron chi connectivity index (χ2n) is 9.92. The van der Waals surface area contributed by atoms with Gasteiger partial charge in [-0.05, 0) is 67.6 Å². The first-order valence-electron chi connectivity index (χ1n) is 11.1. The van der Waals surface area contributed by atoms with Crippen LogP contribution in [0.5, 0.6) is 0 Å². The average molecular weight is 403 g/mol. The topological polar surface area (TPSA) is 51.2 Å². The Bertz CT molecular complexity index is 1020. The summed E-state index contributed by atoms with van der Waals surface area (Å²) >= 11 is 0. The van der Waals surface area contributed by atoms with E-state index in [1.165, 1.54) is 24.1 Å². The molecule has 5 rings (SSSR count). The summed E-state index contributed by atoms with van der Waals surface area (Å²) in [5.41, 5.74) is 6.55. The maximum Gasteiger partial charge on any atom is 0.336 e. The van der Waals surface area contributed by atoms with Crippen molar-refractivity contribution >= 4 is 11.8 Å². The van der Waals surface area contributed by atoms with Gasteiger partial charge in [-0.2, -0.15) is 0 Å². The van der Waals surface area contributed by atoms with Crippen LogP contribution in [0.3, 0.4) is 0 Å². The number of pyridine rings is 1. The highest BCUT2D eigenvalue weighted by Crippen LogP contribution is 2.44. The molecule has 2 heterocycles. The number of esters is 1. The van der Waals surface area contributed by atoms with Gasteiger partial charge in [0.15, 0.2) is 0 Å². The third-order valence-electron chi connectivity index (χ3n) is 6.74. The molecule has 4 heteroatoms. The summed E-state index contributed by atoms with van der Waals surface area (Å²) in [5, 5.41) is 3.43. The molecule has 1 aromatic carbocycles. The monoisotopic (exact) mass is 402 g/mol. The predicted octanol–water partition coefficient (Wildman–Crippen LogP) is 5.38. The number of nitrogens with one attached hydrogen (secondary N) is 1. The van der Waals surface area contributed by atoms with Crippen LogP contribution in [-0.2, 0) is 22.4 Å². The van der Waals surface area contributed by atoms with Crippen LogP contribution in [0.2, 0.25) is 0 Å². The number of nitrogens with zero attached hydrogens (tertiary/aromatic N) is 1. The smallest absolute Gasteiger partial charge is 0.336 e. The lowest BCUT2D eigenvalue weighted by Gasteiger charge is -2.34. The van der Waals surface area contributed by atoms with Crippen molar-refractivity contribution in [3.8, 4) is 0 Å². The molecule has 3 aliphatic rings. The number of fused-ring (bicyclic) bond motifs is 2. The maximum absolute atomic E-state index is 13.2. The van der Waals surface area contributed by atoms with E-state index in [0.29, 0.717) is 18.1 Å².